The van der Waals surface area contributed by atoms with Gasteiger partial charge in [-0.15, -0.1) is 0 Å². The summed E-state index contributed by atoms with van der Waals surface area (Å²) in [5.41, 5.74) is 3.13. The van der Waals surface area contributed by atoms with Crippen LogP contribution in [0, 0.1) is 5.92 Å². The van der Waals surface area contributed by atoms with E-state index in [0.717, 1.165) is 11.3 Å². The fourth-order valence-corrected chi connectivity index (χ4v) is 3.68. The van der Waals surface area contributed by atoms with Gasteiger partial charge in [0.2, 0.25) is 11.8 Å². The molecule has 30 heavy (non-hydrogen) atoms. The molecule has 0 radical (unpaired) electrons. The molecule has 1 aliphatic rings. The van der Waals surface area contributed by atoms with E-state index in [1.165, 1.54) is 5.56 Å². The van der Waals surface area contributed by atoms with Crippen LogP contribution in [0.4, 0.5) is 5.69 Å². The highest BCUT2D eigenvalue weighted by Gasteiger charge is 2.34. The number of nitrogens with zero attached hydrogens (tertiary/aromatic N) is 1. The SMILES string of the molecule is COc1ccc(CCNC(=O)[C@@H]2CC(=O)N(c3ccc(C(C)C)cc3)C2)cc1OC. The van der Waals surface area contributed by atoms with Gasteiger partial charge < -0.3 is 19.7 Å². The number of rotatable bonds is 8. The Hall–Kier alpha value is -3.02. The third-order valence-corrected chi connectivity index (χ3v) is 5.53. The van der Waals surface area contributed by atoms with Crippen molar-refractivity contribution >= 4 is 17.5 Å². The Bertz CT molecular complexity index is 893. The van der Waals surface area contributed by atoms with Crippen molar-refractivity contribution in [1.82, 2.24) is 5.32 Å². The van der Waals surface area contributed by atoms with Crippen LogP contribution >= 0.6 is 0 Å². The van der Waals surface area contributed by atoms with Gasteiger partial charge in [-0.1, -0.05) is 32.0 Å². The zero-order valence-electron chi connectivity index (χ0n) is 18.1. The van der Waals surface area contributed by atoms with Crippen LogP contribution in [-0.4, -0.2) is 39.1 Å². The number of carbonyl (C=O) groups is 2. The molecule has 1 atom stereocenters. The first-order chi connectivity index (χ1) is 14.4. The van der Waals surface area contributed by atoms with E-state index in [-0.39, 0.29) is 24.2 Å². The summed E-state index contributed by atoms with van der Waals surface area (Å²) in [6.45, 7) is 5.20. The molecule has 1 N–H and O–H groups in total. The van der Waals surface area contributed by atoms with Gasteiger partial charge in [0.1, 0.15) is 0 Å². The Morgan fingerprint density at radius 1 is 1.10 bits per heavy atom. The summed E-state index contributed by atoms with van der Waals surface area (Å²) in [5, 5.41) is 2.97. The monoisotopic (exact) mass is 410 g/mol. The molecule has 0 spiro atoms. The van der Waals surface area contributed by atoms with Gasteiger partial charge in [-0.05, 0) is 47.7 Å². The second-order valence-electron chi connectivity index (χ2n) is 7.88. The lowest BCUT2D eigenvalue weighted by Gasteiger charge is -2.18. The van der Waals surface area contributed by atoms with E-state index in [4.69, 9.17) is 9.47 Å². The third-order valence-electron chi connectivity index (χ3n) is 5.53. The summed E-state index contributed by atoms with van der Waals surface area (Å²) in [6.07, 6.45) is 0.918. The quantitative estimate of drug-likeness (QED) is 0.723. The summed E-state index contributed by atoms with van der Waals surface area (Å²) >= 11 is 0. The third kappa shape index (κ3) is 4.93. The first-order valence-electron chi connectivity index (χ1n) is 10.3. The second kappa shape index (κ2) is 9.65. The zero-order valence-corrected chi connectivity index (χ0v) is 18.1. The molecule has 2 aromatic rings. The van der Waals surface area contributed by atoms with Crippen molar-refractivity contribution in [2.24, 2.45) is 5.92 Å². The molecule has 2 aromatic carbocycles. The first-order valence-corrected chi connectivity index (χ1v) is 10.3. The molecule has 1 saturated heterocycles. The lowest BCUT2D eigenvalue weighted by Crippen LogP contribution is -2.34. The second-order valence-corrected chi connectivity index (χ2v) is 7.88. The molecule has 160 valence electrons. The molecule has 0 unspecified atom stereocenters. The number of hydrogen-bond donors (Lipinski definition) is 1. The topological polar surface area (TPSA) is 67.9 Å². The summed E-state index contributed by atoms with van der Waals surface area (Å²) < 4.78 is 10.6. The van der Waals surface area contributed by atoms with Crippen LogP contribution < -0.4 is 19.7 Å². The van der Waals surface area contributed by atoms with Gasteiger partial charge in [0.15, 0.2) is 11.5 Å². The molecule has 0 saturated carbocycles. The van der Waals surface area contributed by atoms with Gasteiger partial charge in [0.25, 0.3) is 0 Å². The van der Waals surface area contributed by atoms with Crippen molar-refractivity contribution in [3.8, 4) is 11.5 Å². The molecule has 0 bridgehead atoms. The zero-order chi connectivity index (χ0) is 21.7. The molecule has 6 heteroatoms. The normalized spacial score (nSPS) is 16.1. The minimum absolute atomic E-state index is 0.00709. The summed E-state index contributed by atoms with van der Waals surface area (Å²) in [6, 6.07) is 13.7. The maximum Gasteiger partial charge on any atom is 0.227 e. The standard InChI is InChI=1S/C24H30N2O4/c1-16(2)18-6-8-20(9-7-18)26-15-19(14-23(26)27)24(28)25-12-11-17-5-10-21(29-3)22(13-17)30-4/h5-10,13,16,19H,11-12,14-15H2,1-4H3,(H,25,28)/t19-/m1/s1. The van der Waals surface area contributed by atoms with E-state index in [0.29, 0.717) is 36.9 Å². The summed E-state index contributed by atoms with van der Waals surface area (Å²) in [4.78, 5) is 26.8. The van der Waals surface area contributed by atoms with Crippen LogP contribution in [-0.2, 0) is 16.0 Å². The molecule has 1 heterocycles. The smallest absolute Gasteiger partial charge is 0.227 e. The molecular formula is C24H30N2O4. The van der Waals surface area contributed by atoms with Crippen molar-refractivity contribution in [1.29, 1.82) is 0 Å². The molecular weight excluding hydrogens is 380 g/mol. The fourth-order valence-electron chi connectivity index (χ4n) is 3.68. The van der Waals surface area contributed by atoms with Crippen LogP contribution in [0.25, 0.3) is 0 Å². The minimum Gasteiger partial charge on any atom is -0.493 e. The summed E-state index contributed by atoms with van der Waals surface area (Å²) in [7, 11) is 3.20. The number of nitrogens with one attached hydrogen (secondary N) is 1. The first kappa shape index (κ1) is 21.7. The molecule has 0 aromatic heterocycles. The maximum atomic E-state index is 12.6. The highest BCUT2D eigenvalue weighted by molar-refractivity contribution is 6.00. The van der Waals surface area contributed by atoms with Gasteiger partial charge >= 0.3 is 0 Å². The van der Waals surface area contributed by atoms with Crippen molar-refractivity contribution < 1.29 is 19.1 Å². The summed E-state index contributed by atoms with van der Waals surface area (Å²) in [5.74, 6) is 1.38. The molecule has 1 fully saturated rings. The Labute approximate surface area is 178 Å². The minimum atomic E-state index is -0.326. The molecule has 6 nitrogen and oxygen atoms in total. The van der Waals surface area contributed by atoms with Crippen molar-refractivity contribution in [3.05, 3.63) is 53.6 Å². The molecule has 1 aliphatic heterocycles. The van der Waals surface area contributed by atoms with Gasteiger partial charge in [0.05, 0.1) is 20.1 Å². The van der Waals surface area contributed by atoms with E-state index in [1.807, 2.05) is 42.5 Å². The fraction of sp³-hybridized carbons (Fsp3) is 0.417. The van der Waals surface area contributed by atoms with Crippen LogP contribution in [0.1, 0.15) is 37.3 Å². The number of carbonyl (C=O) groups excluding carboxylic acids is 2. The van der Waals surface area contributed by atoms with E-state index >= 15 is 0 Å². The van der Waals surface area contributed by atoms with Crippen LogP contribution in [0.2, 0.25) is 0 Å². The molecule has 3 rings (SSSR count). The number of hydrogen-bond acceptors (Lipinski definition) is 4. The van der Waals surface area contributed by atoms with E-state index in [1.54, 1.807) is 19.1 Å². The van der Waals surface area contributed by atoms with Crippen LogP contribution in [0.5, 0.6) is 11.5 Å². The largest absolute Gasteiger partial charge is 0.493 e. The van der Waals surface area contributed by atoms with Crippen molar-refractivity contribution in [2.75, 3.05) is 32.2 Å². The Morgan fingerprint density at radius 3 is 2.43 bits per heavy atom. The molecule has 0 aliphatic carbocycles. The van der Waals surface area contributed by atoms with Crippen LogP contribution in [0.3, 0.4) is 0 Å². The predicted molar refractivity (Wildman–Crippen MR) is 117 cm³/mol. The number of ether oxygens (including phenoxy) is 2. The van der Waals surface area contributed by atoms with Crippen molar-refractivity contribution in [2.45, 2.75) is 32.6 Å². The Kier molecular flexibility index (Phi) is 6.98. The number of methoxy groups -OCH3 is 2. The van der Waals surface area contributed by atoms with Gasteiger partial charge in [-0.3, -0.25) is 9.59 Å². The maximum absolute atomic E-state index is 12.6. The highest BCUT2D eigenvalue weighted by atomic mass is 16.5. The Morgan fingerprint density at radius 2 is 1.80 bits per heavy atom. The number of benzene rings is 2. The van der Waals surface area contributed by atoms with Crippen molar-refractivity contribution in [3.63, 3.8) is 0 Å². The Balaban J connectivity index is 1.53. The highest BCUT2D eigenvalue weighted by Crippen LogP contribution is 2.28. The van der Waals surface area contributed by atoms with Gasteiger partial charge in [0, 0.05) is 25.2 Å². The lowest BCUT2D eigenvalue weighted by molar-refractivity contribution is -0.126. The average Bonchev–Trinajstić information content (AvgIpc) is 3.15. The van der Waals surface area contributed by atoms with E-state index in [9.17, 15) is 9.59 Å². The van der Waals surface area contributed by atoms with Gasteiger partial charge in [-0.2, -0.15) is 0 Å². The van der Waals surface area contributed by atoms with E-state index < -0.39 is 0 Å². The number of amides is 2. The van der Waals surface area contributed by atoms with Gasteiger partial charge in [-0.25, -0.2) is 0 Å². The van der Waals surface area contributed by atoms with Crippen LogP contribution in [0.15, 0.2) is 42.5 Å². The molecule has 2 amide bonds. The van der Waals surface area contributed by atoms with E-state index in [2.05, 4.69) is 19.2 Å². The predicted octanol–water partition coefficient (Wildman–Crippen LogP) is 3.54. The average molecular weight is 411 g/mol. The lowest BCUT2D eigenvalue weighted by atomic mass is 10.0. The number of anilines is 1.